The van der Waals surface area contributed by atoms with Crippen molar-refractivity contribution in [3.05, 3.63) is 87.1 Å². The summed E-state index contributed by atoms with van der Waals surface area (Å²) in [4.78, 5) is 30.9. The number of rotatable bonds is 7. The van der Waals surface area contributed by atoms with Gasteiger partial charge in [0, 0.05) is 16.8 Å². The third-order valence-electron chi connectivity index (χ3n) is 3.74. The number of carbonyl (C=O) groups is 1. The molecule has 2 N–H and O–H groups in total. The van der Waals surface area contributed by atoms with E-state index >= 15 is 0 Å². The largest absolute Gasteiger partial charge is 0.489 e. The smallest absolute Gasteiger partial charge is 0.274 e. The van der Waals surface area contributed by atoms with Gasteiger partial charge < -0.3 is 15.0 Å². The minimum absolute atomic E-state index is 0.0795. The molecule has 144 valence electrons. The van der Waals surface area contributed by atoms with Crippen molar-refractivity contribution in [2.45, 2.75) is 12.4 Å². The van der Waals surface area contributed by atoms with E-state index in [-0.39, 0.29) is 11.3 Å². The molecule has 0 fully saturated rings. The van der Waals surface area contributed by atoms with E-state index in [1.807, 2.05) is 30.5 Å². The molecule has 3 aromatic rings. The fourth-order valence-corrected chi connectivity index (χ4v) is 2.94. The summed E-state index contributed by atoms with van der Waals surface area (Å²) in [5.74, 6) is 1.22. The van der Waals surface area contributed by atoms with Crippen LogP contribution in [0, 0.1) is 0 Å². The van der Waals surface area contributed by atoms with E-state index in [9.17, 15) is 9.59 Å². The Balaban J connectivity index is 1.61. The first-order valence-electron chi connectivity index (χ1n) is 8.41. The number of hydrogen-bond donors (Lipinski definition) is 2. The van der Waals surface area contributed by atoms with Crippen LogP contribution < -0.4 is 15.6 Å². The van der Waals surface area contributed by atoms with Crippen LogP contribution in [0.2, 0.25) is 5.02 Å². The summed E-state index contributed by atoms with van der Waals surface area (Å²) >= 11 is 7.37. The van der Waals surface area contributed by atoms with Crippen LogP contribution in [0.15, 0.2) is 59.4 Å². The van der Waals surface area contributed by atoms with E-state index in [0.717, 1.165) is 5.56 Å². The number of anilines is 1. The average Bonchev–Trinajstić information content (AvgIpc) is 2.68. The topological polar surface area (TPSA) is 84.1 Å². The Morgan fingerprint density at radius 3 is 2.57 bits per heavy atom. The number of H-pyrrole nitrogens is 1. The number of ether oxygens (including phenoxy) is 1. The second-order valence-corrected chi connectivity index (χ2v) is 7.21. The first kappa shape index (κ1) is 20.0. The van der Waals surface area contributed by atoms with Crippen LogP contribution in [0.4, 0.5) is 5.69 Å². The molecule has 6 nitrogen and oxygen atoms in total. The normalized spacial score (nSPS) is 10.5. The van der Waals surface area contributed by atoms with E-state index in [4.69, 9.17) is 16.3 Å². The highest BCUT2D eigenvalue weighted by atomic mass is 35.5. The predicted molar refractivity (Wildman–Crippen MR) is 112 cm³/mol. The fraction of sp³-hybridized carbons (Fsp3) is 0.150. The lowest BCUT2D eigenvalue weighted by atomic mass is 10.2. The minimum atomic E-state index is -0.441. The molecular weight excluding hydrogens is 398 g/mol. The number of aromatic amines is 1. The summed E-state index contributed by atoms with van der Waals surface area (Å²) in [6.07, 6.45) is 1.89. The summed E-state index contributed by atoms with van der Waals surface area (Å²) < 4.78 is 5.72. The van der Waals surface area contributed by atoms with Crippen LogP contribution in [-0.2, 0) is 12.4 Å². The summed E-state index contributed by atoms with van der Waals surface area (Å²) in [6.45, 7) is 0.414. The molecule has 8 heteroatoms. The van der Waals surface area contributed by atoms with Crippen molar-refractivity contribution in [2.24, 2.45) is 0 Å². The van der Waals surface area contributed by atoms with Crippen molar-refractivity contribution in [3.63, 3.8) is 0 Å². The van der Waals surface area contributed by atoms with Gasteiger partial charge in [-0.2, -0.15) is 11.8 Å². The van der Waals surface area contributed by atoms with Crippen LogP contribution in [0.25, 0.3) is 0 Å². The van der Waals surface area contributed by atoms with Gasteiger partial charge in [0.15, 0.2) is 0 Å². The van der Waals surface area contributed by atoms with Crippen LogP contribution >= 0.6 is 23.4 Å². The lowest BCUT2D eigenvalue weighted by molar-refractivity contribution is 0.102. The van der Waals surface area contributed by atoms with Crippen LogP contribution in [0.5, 0.6) is 5.75 Å². The number of carbonyl (C=O) groups excluding carboxylic acids is 1. The lowest BCUT2D eigenvalue weighted by Crippen LogP contribution is -2.20. The Morgan fingerprint density at radius 2 is 1.89 bits per heavy atom. The number of nitrogens with zero attached hydrogens (tertiary/aromatic N) is 1. The Morgan fingerprint density at radius 1 is 1.18 bits per heavy atom. The first-order chi connectivity index (χ1) is 13.5. The summed E-state index contributed by atoms with van der Waals surface area (Å²) in [7, 11) is 0. The van der Waals surface area contributed by atoms with Crippen LogP contribution in [0.1, 0.15) is 21.9 Å². The fourth-order valence-electron chi connectivity index (χ4n) is 2.41. The molecule has 0 atom stereocenters. The van der Waals surface area contributed by atoms with Crippen molar-refractivity contribution in [1.29, 1.82) is 0 Å². The van der Waals surface area contributed by atoms with E-state index in [2.05, 4.69) is 15.3 Å². The van der Waals surface area contributed by atoms with Crippen molar-refractivity contribution in [3.8, 4) is 5.75 Å². The van der Waals surface area contributed by atoms with Crippen molar-refractivity contribution >= 4 is 35.0 Å². The molecule has 3 rings (SSSR count). The lowest BCUT2D eigenvalue weighted by Gasteiger charge is -2.09. The zero-order valence-electron chi connectivity index (χ0n) is 15.1. The number of amides is 1. The molecule has 0 bridgehead atoms. The molecule has 0 spiro atoms. The molecule has 1 heterocycles. The molecular formula is C20H18ClN3O3S. The van der Waals surface area contributed by atoms with Gasteiger partial charge in [-0.3, -0.25) is 9.59 Å². The third kappa shape index (κ3) is 5.61. The quantitative estimate of drug-likeness (QED) is 0.606. The van der Waals surface area contributed by atoms with Crippen molar-refractivity contribution in [1.82, 2.24) is 9.97 Å². The Hall–Kier alpha value is -2.77. The van der Waals surface area contributed by atoms with Gasteiger partial charge in [-0.05, 0) is 48.2 Å². The van der Waals surface area contributed by atoms with Gasteiger partial charge in [-0.1, -0.05) is 23.7 Å². The highest BCUT2D eigenvalue weighted by Crippen LogP contribution is 2.18. The average molecular weight is 416 g/mol. The maximum absolute atomic E-state index is 12.4. The molecule has 0 saturated heterocycles. The molecule has 2 aromatic carbocycles. The summed E-state index contributed by atoms with van der Waals surface area (Å²) in [5, 5.41) is 3.41. The molecule has 0 aliphatic rings. The van der Waals surface area contributed by atoms with Gasteiger partial charge >= 0.3 is 0 Å². The number of benzene rings is 2. The predicted octanol–water partition coefficient (Wildman–Crippen LogP) is 4.12. The molecule has 1 aromatic heterocycles. The van der Waals surface area contributed by atoms with E-state index < -0.39 is 5.91 Å². The van der Waals surface area contributed by atoms with E-state index in [0.29, 0.717) is 34.6 Å². The highest BCUT2D eigenvalue weighted by molar-refractivity contribution is 7.97. The molecule has 0 saturated carbocycles. The highest BCUT2D eigenvalue weighted by Gasteiger charge is 2.11. The van der Waals surface area contributed by atoms with Gasteiger partial charge in [0.05, 0.1) is 5.75 Å². The van der Waals surface area contributed by atoms with E-state index in [1.54, 1.807) is 24.3 Å². The number of hydrogen-bond acceptors (Lipinski definition) is 5. The maximum Gasteiger partial charge on any atom is 0.274 e. The molecule has 0 radical (unpaired) electrons. The van der Waals surface area contributed by atoms with Gasteiger partial charge in [0.1, 0.15) is 23.9 Å². The number of thioether (sulfide) groups is 1. The van der Waals surface area contributed by atoms with E-state index in [1.165, 1.54) is 17.8 Å². The standard InChI is InChI=1S/C20H18ClN3O3S/c1-28-12-18-23-17(10-19(25)24-18)20(26)22-15-6-8-16(9-7-15)27-11-13-2-4-14(21)5-3-13/h2-10H,11-12H2,1H3,(H,22,26)(H,23,24,25). The van der Waals surface area contributed by atoms with Gasteiger partial charge in [-0.25, -0.2) is 4.98 Å². The molecule has 0 unspecified atom stereocenters. The Kier molecular flexibility index (Phi) is 6.73. The molecule has 0 aliphatic carbocycles. The molecule has 0 aliphatic heterocycles. The second kappa shape index (κ2) is 9.43. The molecule has 28 heavy (non-hydrogen) atoms. The van der Waals surface area contributed by atoms with Gasteiger partial charge in [-0.15, -0.1) is 0 Å². The zero-order valence-corrected chi connectivity index (χ0v) is 16.6. The summed E-state index contributed by atoms with van der Waals surface area (Å²) in [5.41, 5.74) is 1.31. The van der Waals surface area contributed by atoms with Gasteiger partial charge in [0.25, 0.3) is 11.5 Å². The monoisotopic (exact) mass is 415 g/mol. The molecule has 1 amide bonds. The van der Waals surface area contributed by atoms with Crippen molar-refractivity contribution in [2.75, 3.05) is 11.6 Å². The number of aromatic nitrogens is 2. The SMILES string of the molecule is CSCc1nc(C(=O)Nc2ccc(OCc3ccc(Cl)cc3)cc2)cc(=O)[nH]1. The minimum Gasteiger partial charge on any atom is -0.489 e. The first-order valence-corrected chi connectivity index (χ1v) is 10.2. The van der Waals surface area contributed by atoms with Crippen molar-refractivity contribution < 1.29 is 9.53 Å². The zero-order chi connectivity index (χ0) is 19.9. The maximum atomic E-state index is 12.4. The third-order valence-corrected chi connectivity index (χ3v) is 4.55. The van der Waals surface area contributed by atoms with Crippen LogP contribution in [-0.4, -0.2) is 22.1 Å². The van der Waals surface area contributed by atoms with Crippen LogP contribution in [0.3, 0.4) is 0 Å². The number of nitrogens with one attached hydrogen (secondary N) is 2. The second-order valence-electron chi connectivity index (χ2n) is 5.90. The Bertz CT molecular complexity index is 1000. The van der Waals surface area contributed by atoms with Gasteiger partial charge in [0.2, 0.25) is 0 Å². The number of halogens is 1. The Labute approximate surface area is 171 Å². The summed E-state index contributed by atoms with van der Waals surface area (Å²) in [6, 6.07) is 15.6.